The van der Waals surface area contributed by atoms with Crippen LogP contribution in [0.2, 0.25) is 0 Å². The number of likely N-dealkylation sites (N-methyl/N-ethyl adjacent to an activating group) is 1. The highest BCUT2D eigenvalue weighted by atomic mass is 79.9. The number of aromatic nitrogens is 2. The molecule has 0 bridgehead atoms. The summed E-state index contributed by atoms with van der Waals surface area (Å²) in [6, 6.07) is 6.55. The molecule has 5 heteroatoms. The zero-order valence-corrected chi connectivity index (χ0v) is 14.2. The van der Waals surface area contributed by atoms with E-state index in [4.69, 9.17) is 0 Å². The largest absolute Gasteiger partial charge is 0.338 e. The number of benzene rings is 1. The molecule has 1 heterocycles. The van der Waals surface area contributed by atoms with Crippen molar-refractivity contribution in [2.75, 3.05) is 6.54 Å². The van der Waals surface area contributed by atoms with Crippen molar-refractivity contribution in [3.8, 4) is 0 Å². The number of nitrogens with one attached hydrogen (secondary N) is 1. The quantitative estimate of drug-likeness (QED) is 0.845. The van der Waals surface area contributed by atoms with E-state index in [9.17, 15) is 0 Å². The van der Waals surface area contributed by atoms with Crippen LogP contribution in [0.25, 0.3) is 0 Å². The van der Waals surface area contributed by atoms with Gasteiger partial charge in [0.25, 0.3) is 0 Å². The lowest BCUT2D eigenvalue weighted by atomic mass is 10.0. The molecule has 1 N–H and O–H groups in total. The Hall–Kier alpha value is -0.650. The van der Waals surface area contributed by atoms with Crippen LogP contribution in [0.4, 0.5) is 0 Å². The molecule has 2 aromatic rings. The van der Waals surface area contributed by atoms with Gasteiger partial charge in [-0.15, -0.1) is 0 Å². The first-order chi connectivity index (χ1) is 9.11. The van der Waals surface area contributed by atoms with Gasteiger partial charge in [0, 0.05) is 40.8 Å². The first-order valence-corrected chi connectivity index (χ1v) is 7.85. The SMILES string of the molecule is CCNC(Cc1nccn1C)c1ccc(Br)cc1Br. The lowest BCUT2D eigenvalue weighted by molar-refractivity contribution is 0.527. The molecule has 0 saturated heterocycles. The van der Waals surface area contributed by atoms with Crippen LogP contribution in [0.5, 0.6) is 0 Å². The van der Waals surface area contributed by atoms with Gasteiger partial charge in [-0.2, -0.15) is 0 Å². The maximum absolute atomic E-state index is 4.41. The highest BCUT2D eigenvalue weighted by Crippen LogP contribution is 2.28. The summed E-state index contributed by atoms with van der Waals surface area (Å²) in [7, 11) is 2.03. The molecule has 0 aliphatic rings. The molecule has 1 atom stereocenters. The van der Waals surface area contributed by atoms with Gasteiger partial charge in [0.1, 0.15) is 5.82 Å². The highest BCUT2D eigenvalue weighted by Gasteiger charge is 2.16. The average Bonchev–Trinajstić information content (AvgIpc) is 2.75. The monoisotopic (exact) mass is 385 g/mol. The number of hydrogen-bond donors (Lipinski definition) is 1. The number of aryl methyl sites for hydroxylation is 1. The molecule has 0 radical (unpaired) electrons. The Balaban J connectivity index is 2.27. The summed E-state index contributed by atoms with van der Waals surface area (Å²) in [5, 5.41) is 3.53. The zero-order valence-electron chi connectivity index (χ0n) is 11.0. The number of hydrogen-bond acceptors (Lipinski definition) is 2. The van der Waals surface area contributed by atoms with Gasteiger partial charge in [0.15, 0.2) is 0 Å². The van der Waals surface area contributed by atoms with E-state index in [1.807, 2.05) is 19.4 Å². The second-order valence-corrected chi connectivity index (χ2v) is 6.20. The second kappa shape index (κ2) is 6.68. The fraction of sp³-hybridized carbons (Fsp3) is 0.357. The molecule has 0 aliphatic heterocycles. The summed E-state index contributed by atoms with van der Waals surface area (Å²) < 4.78 is 4.26. The van der Waals surface area contributed by atoms with Crippen LogP contribution in [-0.2, 0) is 13.5 Å². The fourth-order valence-electron chi connectivity index (χ4n) is 2.10. The predicted molar refractivity (Wildman–Crippen MR) is 85.2 cm³/mol. The van der Waals surface area contributed by atoms with Crippen molar-refractivity contribution < 1.29 is 0 Å². The lowest BCUT2D eigenvalue weighted by Gasteiger charge is -2.19. The third-order valence-electron chi connectivity index (χ3n) is 3.10. The molecular formula is C14H17Br2N3. The van der Waals surface area contributed by atoms with Crippen LogP contribution in [-0.4, -0.2) is 16.1 Å². The first-order valence-electron chi connectivity index (χ1n) is 6.26. The van der Waals surface area contributed by atoms with E-state index in [0.29, 0.717) is 0 Å². The predicted octanol–water partition coefficient (Wildman–Crippen LogP) is 3.84. The van der Waals surface area contributed by atoms with Crippen molar-refractivity contribution >= 4 is 31.9 Å². The third-order valence-corrected chi connectivity index (χ3v) is 4.28. The van der Waals surface area contributed by atoms with Crippen LogP contribution in [0, 0.1) is 0 Å². The molecule has 0 amide bonds. The van der Waals surface area contributed by atoms with E-state index in [1.54, 1.807) is 0 Å². The van der Waals surface area contributed by atoms with Crippen molar-refractivity contribution in [3.63, 3.8) is 0 Å². The van der Waals surface area contributed by atoms with Crippen LogP contribution >= 0.6 is 31.9 Å². The number of imidazole rings is 1. The van der Waals surface area contributed by atoms with Crippen molar-refractivity contribution in [3.05, 3.63) is 50.9 Å². The highest BCUT2D eigenvalue weighted by molar-refractivity contribution is 9.11. The van der Waals surface area contributed by atoms with Gasteiger partial charge in [-0.25, -0.2) is 4.98 Å². The standard InChI is InChI=1S/C14H17Br2N3/c1-3-17-13(9-14-18-6-7-19(14)2)11-5-4-10(15)8-12(11)16/h4-8,13,17H,3,9H2,1-2H3. The van der Waals surface area contributed by atoms with Crippen LogP contribution < -0.4 is 5.32 Å². The third kappa shape index (κ3) is 3.68. The molecule has 0 fully saturated rings. The van der Waals surface area contributed by atoms with Crippen LogP contribution in [0.1, 0.15) is 24.4 Å². The summed E-state index contributed by atoms with van der Waals surface area (Å²) in [6.07, 6.45) is 4.70. The Kier molecular flexibility index (Phi) is 5.19. The Morgan fingerprint density at radius 1 is 1.37 bits per heavy atom. The molecule has 102 valence electrons. The summed E-state index contributed by atoms with van der Waals surface area (Å²) in [5.74, 6) is 1.08. The van der Waals surface area contributed by atoms with E-state index >= 15 is 0 Å². The van der Waals surface area contributed by atoms with Crippen molar-refractivity contribution in [2.24, 2.45) is 7.05 Å². The maximum Gasteiger partial charge on any atom is 0.110 e. The van der Waals surface area contributed by atoms with Crippen molar-refractivity contribution in [1.29, 1.82) is 0 Å². The molecule has 2 rings (SSSR count). The molecular weight excluding hydrogens is 370 g/mol. The number of nitrogens with zero attached hydrogens (tertiary/aromatic N) is 2. The Bertz CT molecular complexity index is 551. The minimum Gasteiger partial charge on any atom is -0.338 e. The van der Waals surface area contributed by atoms with Gasteiger partial charge in [-0.05, 0) is 24.2 Å². The number of rotatable bonds is 5. The van der Waals surface area contributed by atoms with Gasteiger partial charge < -0.3 is 9.88 Å². The molecule has 0 spiro atoms. The fourth-order valence-corrected chi connectivity index (χ4v) is 3.42. The van der Waals surface area contributed by atoms with Gasteiger partial charge in [0.05, 0.1) is 0 Å². The summed E-state index contributed by atoms with van der Waals surface area (Å²) in [6.45, 7) is 3.05. The van der Waals surface area contributed by atoms with E-state index < -0.39 is 0 Å². The van der Waals surface area contributed by atoms with Gasteiger partial charge >= 0.3 is 0 Å². The van der Waals surface area contributed by atoms with E-state index in [2.05, 4.69) is 71.9 Å². The van der Waals surface area contributed by atoms with E-state index in [0.717, 1.165) is 27.7 Å². The lowest BCUT2D eigenvalue weighted by Crippen LogP contribution is -2.24. The molecule has 3 nitrogen and oxygen atoms in total. The zero-order chi connectivity index (χ0) is 13.8. The van der Waals surface area contributed by atoms with Crippen molar-refractivity contribution in [2.45, 2.75) is 19.4 Å². The van der Waals surface area contributed by atoms with Crippen LogP contribution in [0.15, 0.2) is 39.5 Å². The van der Waals surface area contributed by atoms with Crippen molar-refractivity contribution in [1.82, 2.24) is 14.9 Å². The minimum atomic E-state index is 0.258. The van der Waals surface area contributed by atoms with E-state index in [-0.39, 0.29) is 6.04 Å². The second-order valence-electron chi connectivity index (χ2n) is 4.43. The Morgan fingerprint density at radius 2 is 2.16 bits per heavy atom. The smallest absolute Gasteiger partial charge is 0.110 e. The Labute approximate surface area is 130 Å². The molecule has 1 unspecified atom stereocenters. The summed E-state index contributed by atoms with van der Waals surface area (Å²) >= 11 is 7.13. The minimum absolute atomic E-state index is 0.258. The molecule has 19 heavy (non-hydrogen) atoms. The van der Waals surface area contributed by atoms with Crippen LogP contribution in [0.3, 0.4) is 0 Å². The summed E-state index contributed by atoms with van der Waals surface area (Å²) in [4.78, 5) is 4.41. The summed E-state index contributed by atoms with van der Waals surface area (Å²) in [5.41, 5.74) is 1.26. The molecule has 1 aromatic carbocycles. The topological polar surface area (TPSA) is 29.9 Å². The van der Waals surface area contributed by atoms with Gasteiger partial charge in [-0.1, -0.05) is 44.8 Å². The molecule has 1 aromatic heterocycles. The van der Waals surface area contributed by atoms with Gasteiger partial charge in [0.2, 0.25) is 0 Å². The normalized spacial score (nSPS) is 12.6. The van der Waals surface area contributed by atoms with E-state index in [1.165, 1.54) is 5.56 Å². The molecule has 0 aliphatic carbocycles. The maximum atomic E-state index is 4.41. The van der Waals surface area contributed by atoms with Gasteiger partial charge in [-0.3, -0.25) is 0 Å². The Morgan fingerprint density at radius 3 is 2.74 bits per heavy atom. The first kappa shape index (κ1) is 14.8. The average molecular weight is 387 g/mol. The number of halogens is 2. The molecule has 0 saturated carbocycles.